The molecule has 31 heavy (non-hydrogen) atoms. The Hall–Kier alpha value is -3.12. The molecule has 2 heterocycles. The fourth-order valence-electron chi connectivity index (χ4n) is 3.19. The maximum absolute atomic E-state index is 12.5. The molecule has 1 aliphatic rings. The van der Waals surface area contributed by atoms with Crippen LogP contribution in [0.15, 0.2) is 52.9 Å². The highest BCUT2D eigenvalue weighted by Crippen LogP contribution is 2.32. The molecule has 7 heteroatoms. The highest BCUT2D eigenvalue weighted by Gasteiger charge is 2.16. The van der Waals surface area contributed by atoms with Gasteiger partial charge in [0.05, 0.1) is 6.61 Å². The number of nitrogens with one attached hydrogen (secondary N) is 1. The van der Waals surface area contributed by atoms with Crippen molar-refractivity contribution in [3.63, 3.8) is 0 Å². The maximum atomic E-state index is 12.5. The SMILES string of the molecule is CC(C)COc1ccc(Cl)cc1Cc1ccc(C(=O)NCc2ccc3c(c2)OCO3)o1. The minimum atomic E-state index is -0.286. The number of furan rings is 1. The van der Waals surface area contributed by atoms with Crippen molar-refractivity contribution in [3.05, 3.63) is 76.2 Å². The van der Waals surface area contributed by atoms with E-state index in [-0.39, 0.29) is 18.5 Å². The van der Waals surface area contributed by atoms with E-state index in [1.54, 1.807) is 18.2 Å². The van der Waals surface area contributed by atoms with Gasteiger partial charge in [-0.2, -0.15) is 0 Å². The van der Waals surface area contributed by atoms with E-state index >= 15 is 0 Å². The van der Waals surface area contributed by atoms with Crippen molar-refractivity contribution in [2.45, 2.75) is 26.8 Å². The average Bonchev–Trinajstić information content (AvgIpc) is 3.40. The predicted octanol–water partition coefficient (Wildman–Crippen LogP) is 5.22. The molecular weight excluding hydrogens is 418 g/mol. The van der Waals surface area contributed by atoms with Gasteiger partial charge in [0.25, 0.3) is 5.91 Å². The molecule has 0 radical (unpaired) electrons. The minimum Gasteiger partial charge on any atom is -0.493 e. The number of carbonyl (C=O) groups is 1. The lowest BCUT2D eigenvalue weighted by molar-refractivity contribution is 0.0921. The first-order valence-corrected chi connectivity index (χ1v) is 10.5. The van der Waals surface area contributed by atoms with Gasteiger partial charge in [0.1, 0.15) is 11.5 Å². The van der Waals surface area contributed by atoms with Crippen molar-refractivity contribution < 1.29 is 23.4 Å². The summed E-state index contributed by atoms with van der Waals surface area (Å²) in [4.78, 5) is 12.5. The third-order valence-corrected chi connectivity index (χ3v) is 4.97. The number of ether oxygens (including phenoxy) is 3. The second kappa shape index (κ2) is 9.35. The first-order chi connectivity index (χ1) is 15.0. The lowest BCUT2D eigenvalue weighted by Gasteiger charge is -2.13. The normalized spacial score (nSPS) is 12.3. The smallest absolute Gasteiger partial charge is 0.287 e. The molecule has 0 aliphatic carbocycles. The summed E-state index contributed by atoms with van der Waals surface area (Å²) in [5.74, 6) is 3.20. The van der Waals surface area contributed by atoms with Gasteiger partial charge in [0.15, 0.2) is 17.3 Å². The van der Waals surface area contributed by atoms with Crippen LogP contribution in [-0.2, 0) is 13.0 Å². The van der Waals surface area contributed by atoms with E-state index < -0.39 is 0 Å². The van der Waals surface area contributed by atoms with Crippen LogP contribution in [0.5, 0.6) is 17.2 Å². The molecule has 1 aliphatic heterocycles. The number of fused-ring (bicyclic) bond motifs is 1. The van der Waals surface area contributed by atoms with Crippen LogP contribution in [0.2, 0.25) is 5.02 Å². The molecule has 0 unspecified atom stereocenters. The van der Waals surface area contributed by atoms with Gasteiger partial charge >= 0.3 is 0 Å². The standard InChI is InChI=1S/C24H24ClNO5/c1-15(2)13-28-20-7-4-18(25)10-17(20)11-19-5-8-22(31-19)24(27)26-12-16-3-6-21-23(9-16)30-14-29-21/h3-10,15H,11-14H2,1-2H3,(H,26,27). The highest BCUT2D eigenvalue weighted by molar-refractivity contribution is 6.30. The number of hydrogen-bond donors (Lipinski definition) is 1. The lowest BCUT2D eigenvalue weighted by Crippen LogP contribution is -2.22. The summed E-state index contributed by atoms with van der Waals surface area (Å²) < 4.78 is 22.3. The van der Waals surface area contributed by atoms with Gasteiger partial charge in [0.2, 0.25) is 6.79 Å². The van der Waals surface area contributed by atoms with Crippen LogP contribution < -0.4 is 19.5 Å². The largest absolute Gasteiger partial charge is 0.493 e. The molecule has 0 saturated heterocycles. The Kier molecular flexibility index (Phi) is 6.37. The predicted molar refractivity (Wildman–Crippen MR) is 117 cm³/mol. The Labute approximate surface area is 186 Å². The van der Waals surface area contributed by atoms with Crippen molar-refractivity contribution in [1.29, 1.82) is 0 Å². The number of carbonyl (C=O) groups excluding carboxylic acids is 1. The van der Waals surface area contributed by atoms with E-state index in [4.69, 9.17) is 30.2 Å². The van der Waals surface area contributed by atoms with Gasteiger partial charge < -0.3 is 23.9 Å². The number of hydrogen-bond acceptors (Lipinski definition) is 5. The Bertz CT molecular complexity index is 1080. The second-order valence-corrected chi connectivity index (χ2v) is 8.21. The molecule has 1 N–H and O–H groups in total. The summed E-state index contributed by atoms with van der Waals surface area (Å²) >= 11 is 6.17. The quantitative estimate of drug-likeness (QED) is 0.519. The van der Waals surface area contributed by atoms with Crippen LogP contribution in [-0.4, -0.2) is 19.3 Å². The van der Waals surface area contributed by atoms with Crippen molar-refractivity contribution >= 4 is 17.5 Å². The van der Waals surface area contributed by atoms with Crippen LogP contribution in [0.4, 0.5) is 0 Å². The second-order valence-electron chi connectivity index (χ2n) is 7.77. The van der Waals surface area contributed by atoms with E-state index in [0.29, 0.717) is 47.8 Å². The Morgan fingerprint density at radius 1 is 1.10 bits per heavy atom. The molecule has 4 rings (SSSR count). The summed E-state index contributed by atoms with van der Waals surface area (Å²) in [7, 11) is 0. The number of amides is 1. The number of benzene rings is 2. The van der Waals surface area contributed by atoms with Gasteiger partial charge in [-0.15, -0.1) is 0 Å². The van der Waals surface area contributed by atoms with Crippen LogP contribution in [0.3, 0.4) is 0 Å². The fourth-order valence-corrected chi connectivity index (χ4v) is 3.38. The molecule has 6 nitrogen and oxygen atoms in total. The zero-order valence-corrected chi connectivity index (χ0v) is 18.2. The lowest BCUT2D eigenvalue weighted by atomic mass is 10.1. The summed E-state index contributed by atoms with van der Waals surface area (Å²) in [6.07, 6.45) is 0.476. The topological polar surface area (TPSA) is 69.9 Å². The molecule has 1 amide bonds. The van der Waals surface area contributed by atoms with E-state index in [2.05, 4.69) is 19.2 Å². The van der Waals surface area contributed by atoms with Crippen LogP contribution in [0, 0.1) is 5.92 Å². The summed E-state index contributed by atoms with van der Waals surface area (Å²) in [6.45, 7) is 5.37. The zero-order valence-electron chi connectivity index (χ0n) is 17.4. The average molecular weight is 442 g/mol. The van der Waals surface area contributed by atoms with Gasteiger partial charge in [0, 0.05) is 23.6 Å². The molecule has 2 aromatic carbocycles. The van der Waals surface area contributed by atoms with Crippen molar-refractivity contribution in [1.82, 2.24) is 5.32 Å². The first kappa shape index (κ1) is 21.1. The third-order valence-electron chi connectivity index (χ3n) is 4.73. The van der Waals surface area contributed by atoms with E-state index in [0.717, 1.165) is 16.9 Å². The molecule has 162 valence electrons. The van der Waals surface area contributed by atoms with Gasteiger partial charge in [-0.3, -0.25) is 4.79 Å². The summed E-state index contributed by atoms with van der Waals surface area (Å²) in [5.41, 5.74) is 1.82. The Balaban J connectivity index is 1.39. The van der Waals surface area contributed by atoms with Gasteiger partial charge in [-0.1, -0.05) is 31.5 Å². The molecule has 3 aromatic rings. The van der Waals surface area contributed by atoms with Gasteiger partial charge in [-0.25, -0.2) is 0 Å². The zero-order chi connectivity index (χ0) is 21.8. The molecule has 0 fully saturated rings. The van der Waals surface area contributed by atoms with Crippen molar-refractivity contribution in [3.8, 4) is 17.2 Å². The molecular formula is C24H24ClNO5. The summed E-state index contributed by atoms with van der Waals surface area (Å²) in [6, 6.07) is 14.6. The summed E-state index contributed by atoms with van der Waals surface area (Å²) in [5, 5.41) is 3.49. The molecule has 1 aromatic heterocycles. The fraction of sp³-hybridized carbons (Fsp3) is 0.292. The van der Waals surface area contributed by atoms with Crippen molar-refractivity contribution in [2.75, 3.05) is 13.4 Å². The van der Waals surface area contributed by atoms with Gasteiger partial charge in [-0.05, 0) is 53.9 Å². The first-order valence-electron chi connectivity index (χ1n) is 10.1. The Morgan fingerprint density at radius 2 is 1.94 bits per heavy atom. The maximum Gasteiger partial charge on any atom is 0.287 e. The molecule has 0 saturated carbocycles. The van der Waals surface area contributed by atoms with Crippen LogP contribution >= 0.6 is 11.6 Å². The van der Waals surface area contributed by atoms with E-state index in [1.165, 1.54) is 0 Å². The van der Waals surface area contributed by atoms with Crippen molar-refractivity contribution in [2.24, 2.45) is 5.92 Å². The molecule has 0 spiro atoms. The monoisotopic (exact) mass is 441 g/mol. The Morgan fingerprint density at radius 3 is 2.77 bits per heavy atom. The minimum absolute atomic E-state index is 0.219. The van der Waals surface area contributed by atoms with Crippen LogP contribution in [0.1, 0.15) is 41.3 Å². The number of halogens is 1. The van der Waals surface area contributed by atoms with Crippen LogP contribution in [0.25, 0.3) is 0 Å². The van der Waals surface area contributed by atoms with E-state index in [9.17, 15) is 4.79 Å². The molecule has 0 bridgehead atoms. The number of rotatable bonds is 8. The van der Waals surface area contributed by atoms with E-state index in [1.807, 2.05) is 30.3 Å². The third kappa shape index (κ3) is 5.33. The molecule has 0 atom stereocenters. The highest BCUT2D eigenvalue weighted by atomic mass is 35.5.